The molecule has 2 N–H and O–H groups in total. The number of pyridine rings is 1. The number of rotatable bonds is 12. The number of carbonyl (C=O) groups excluding carboxylic acids is 1. The van der Waals surface area contributed by atoms with Gasteiger partial charge in [0.15, 0.2) is 0 Å². The summed E-state index contributed by atoms with van der Waals surface area (Å²) in [6, 6.07) is 23.0. The molecule has 8 heteroatoms. The molecule has 0 amide bonds. The van der Waals surface area contributed by atoms with Crippen LogP contribution in [0.3, 0.4) is 0 Å². The molecule has 0 radical (unpaired) electrons. The fraction of sp³-hybridized carbons (Fsp3) is 0.415. The normalized spacial score (nSPS) is 21.7. The zero-order valence-corrected chi connectivity index (χ0v) is 29.5. The predicted molar refractivity (Wildman–Crippen MR) is 196 cm³/mol. The maximum atomic E-state index is 11.6. The van der Waals surface area contributed by atoms with Crippen molar-refractivity contribution in [3.63, 3.8) is 0 Å². The molecule has 4 atom stereocenters. The third-order valence-electron chi connectivity index (χ3n) is 10.7. The van der Waals surface area contributed by atoms with Crippen LogP contribution in [0.2, 0.25) is 10.0 Å². The van der Waals surface area contributed by atoms with E-state index in [4.69, 9.17) is 37.7 Å². The highest BCUT2D eigenvalue weighted by Crippen LogP contribution is 2.45. The third kappa shape index (κ3) is 7.53. The zero-order valence-electron chi connectivity index (χ0n) is 28.0. The van der Waals surface area contributed by atoms with Crippen LogP contribution >= 0.6 is 23.2 Å². The van der Waals surface area contributed by atoms with Crippen LogP contribution in [0.1, 0.15) is 79.7 Å². The van der Waals surface area contributed by atoms with E-state index >= 15 is 0 Å². The average molecular weight is 700 g/mol. The van der Waals surface area contributed by atoms with Crippen molar-refractivity contribution in [1.82, 2.24) is 10.3 Å². The van der Waals surface area contributed by atoms with Crippen LogP contribution in [-0.4, -0.2) is 35.6 Å². The van der Waals surface area contributed by atoms with Gasteiger partial charge in [-0.05, 0) is 97.2 Å². The molecule has 256 valence electrons. The van der Waals surface area contributed by atoms with E-state index in [9.17, 15) is 9.90 Å². The minimum Gasteiger partial charge on any atom is -0.481 e. The van der Waals surface area contributed by atoms with Crippen molar-refractivity contribution >= 4 is 29.0 Å². The molecule has 0 bridgehead atoms. The molecule has 7 rings (SSSR count). The fourth-order valence-electron chi connectivity index (χ4n) is 8.00. The van der Waals surface area contributed by atoms with Crippen LogP contribution in [0.15, 0.2) is 66.7 Å². The lowest BCUT2D eigenvalue weighted by Crippen LogP contribution is -2.21. The van der Waals surface area contributed by atoms with Crippen LogP contribution in [0, 0.1) is 11.8 Å². The second-order valence-electron chi connectivity index (χ2n) is 13.9. The first kappa shape index (κ1) is 34.0. The molecule has 3 aromatic carbocycles. The van der Waals surface area contributed by atoms with Crippen molar-refractivity contribution in [2.24, 2.45) is 11.8 Å². The number of aliphatic hydroxyl groups is 1. The molecule has 3 aliphatic carbocycles. The highest BCUT2D eigenvalue weighted by molar-refractivity contribution is 6.36. The predicted octanol–water partition coefficient (Wildman–Crippen LogP) is 9.35. The third-order valence-corrected chi connectivity index (χ3v) is 11.4. The SMILES string of the molecule is COc1nc(O[C@H]2CCc3c(-c4cccc(-c5ccc(CNC[C@@H]6CCC(=O)C6)cc5)c4Cl)cccc32)c(Cl)cc1CC[C@H]1CCC[C@H]1O. The van der Waals surface area contributed by atoms with Crippen LogP contribution in [-0.2, 0) is 24.2 Å². The van der Waals surface area contributed by atoms with Crippen molar-refractivity contribution < 1.29 is 19.4 Å². The van der Waals surface area contributed by atoms with Gasteiger partial charge in [0.1, 0.15) is 16.9 Å². The van der Waals surface area contributed by atoms with Gasteiger partial charge in [-0.1, -0.05) is 90.3 Å². The number of ketones is 1. The summed E-state index contributed by atoms with van der Waals surface area (Å²) in [6.07, 6.45) is 8.33. The Kier molecular flexibility index (Phi) is 10.6. The van der Waals surface area contributed by atoms with Crippen LogP contribution < -0.4 is 14.8 Å². The van der Waals surface area contributed by atoms with Gasteiger partial charge in [-0.15, -0.1) is 0 Å². The van der Waals surface area contributed by atoms with Crippen LogP contribution in [0.25, 0.3) is 22.3 Å². The van der Waals surface area contributed by atoms with Crippen LogP contribution in [0.4, 0.5) is 0 Å². The molecular weight excluding hydrogens is 655 g/mol. The molecule has 2 fully saturated rings. The highest BCUT2D eigenvalue weighted by atomic mass is 35.5. The number of nitrogens with one attached hydrogen (secondary N) is 1. The van der Waals surface area contributed by atoms with Gasteiger partial charge in [0.05, 0.1) is 18.2 Å². The van der Waals surface area contributed by atoms with E-state index in [2.05, 4.69) is 66.0 Å². The average Bonchev–Trinajstić information content (AvgIpc) is 3.85. The number of Topliss-reactive ketones (excluding diaryl/α,β-unsaturated/α-hetero) is 1. The van der Waals surface area contributed by atoms with Crippen molar-refractivity contribution in [2.45, 2.75) is 83.0 Å². The summed E-state index contributed by atoms with van der Waals surface area (Å²) < 4.78 is 12.2. The topological polar surface area (TPSA) is 80.7 Å². The van der Waals surface area contributed by atoms with Crippen molar-refractivity contribution in [1.29, 1.82) is 0 Å². The number of halogens is 2. The van der Waals surface area contributed by atoms with E-state index in [0.717, 1.165) is 109 Å². The van der Waals surface area contributed by atoms with Gasteiger partial charge in [-0.2, -0.15) is 4.98 Å². The number of nitrogens with zero attached hydrogens (tertiary/aromatic N) is 1. The fourth-order valence-corrected chi connectivity index (χ4v) is 8.56. The molecule has 0 aliphatic heterocycles. The lowest BCUT2D eigenvalue weighted by Gasteiger charge is -2.19. The van der Waals surface area contributed by atoms with Gasteiger partial charge in [0, 0.05) is 36.1 Å². The minimum atomic E-state index is -0.220. The Morgan fingerprint density at radius 3 is 2.47 bits per heavy atom. The van der Waals surface area contributed by atoms with Gasteiger partial charge in [0.2, 0.25) is 11.8 Å². The standard InChI is InChI=1S/C41H44Cl2N2O4/c1-48-40-29(17-16-28-5-2-10-37(28)47)22-36(42)41(45-40)49-38-20-19-33-32(7-4-8-34(33)38)35-9-3-6-31(39(35)43)27-14-11-25(12-15-27)23-44-24-26-13-18-30(46)21-26/h3-4,6-9,11-12,14-15,22,26,28,37-38,44,47H,2,5,10,13,16-21,23-24H2,1H3/t26-,28-,37-,38+/m1/s1. The summed E-state index contributed by atoms with van der Waals surface area (Å²) in [5.41, 5.74) is 8.68. The van der Waals surface area contributed by atoms with Crippen molar-refractivity contribution in [3.05, 3.63) is 99.0 Å². The Labute approximate surface area is 299 Å². The molecule has 2 saturated carbocycles. The molecule has 1 heterocycles. The quantitative estimate of drug-likeness (QED) is 0.153. The Bertz CT molecular complexity index is 1810. The minimum absolute atomic E-state index is 0.193. The Hall–Kier alpha value is -3.42. The second kappa shape index (κ2) is 15.2. The number of ether oxygens (including phenoxy) is 2. The smallest absolute Gasteiger partial charge is 0.236 e. The summed E-state index contributed by atoms with van der Waals surface area (Å²) in [5.74, 6) is 2.06. The lowest BCUT2D eigenvalue weighted by atomic mass is 9.93. The summed E-state index contributed by atoms with van der Waals surface area (Å²) in [4.78, 5) is 16.3. The van der Waals surface area contributed by atoms with E-state index < -0.39 is 0 Å². The first-order chi connectivity index (χ1) is 23.9. The second-order valence-corrected chi connectivity index (χ2v) is 14.7. The van der Waals surface area contributed by atoms with E-state index in [1.165, 1.54) is 11.1 Å². The molecule has 0 saturated heterocycles. The zero-order chi connectivity index (χ0) is 33.9. The molecule has 3 aliphatic rings. The summed E-state index contributed by atoms with van der Waals surface area (Å²) in [7, 11) is 1.62. The van der Waals surface area contributed by atoms with Gasteiger partial charge in [0.25, 0.3) is 0 Å². The van der Waals surface area contributed by atoms with Gasteiger partial charge in [-0.3, -0.25) is 4.79 Å². The summed E-state index contributed by atoms with van der Waals surface area (Å²) in [6.45, 7) is 1.66. The summed E-state index contributed by atoms with van der Waals surface area (Å²) >= 11 is 13.9. The van der Waals surface area contributed by atoms with E-state index in [-0.39, 0.29) is 12.2 Å². The first-order valence-electron chi connectivity index (χ1n) is 17.7. The first-order valence-corrected chi connectivity index (χ1v) is 18.4. The van der Waals surface area contributed by atoms with Crippen LogP contribution in [0.5, 0.6) is 11.8 Å². The molecule has 4 aromatic rings. The van der Waals surface area contributed by atoms with Crippen molar-refractivity contribution in [2.75, 3.05) is 13.7 Å². The highest BCUT2D eigenvalue weighted by Gasteiger charge is 2.30. The number of aryl methyl sites for hydroxylation is 1. The molecule has 0 unspecified atom stereocenters. The Morgan fingerprint density at radius 1 is 0.918 bits per heavy atom. The Morgan fingerprint density at radius 2 is 1.71 bits per heavy atom. The molecule has 49 heavy (non-hydrogen) atoms. The molecule has 6 nitrogen and oxygen atoms in total. The molecular formula is C41H44Cl2N2O4. The number of fused-ring (bicyclic) bond motifs is 1. The van der Waals surface area contributed by atoms with E-state index in [0.29, 0.717) is 40.8 Å². The number of aliphatic hydroxyl groups excluding tert-OH is 1. The largest absolute Gasteiger partial charge is 0.481 e. The number of hydrogen-bond donors (Lipinski definition) is 2. The molecule has 1 aromatic heterocycles. The Balaban J connectivity index is 1.05. The maximum absolute atomic E-state index is 11.6. The number of hydrogen-bond acceptors (Lipinski definition) is 6. The number of benzene rings is 3. The molecule has 0 spiro atoms. The van der Waals surface area contributed by atoms with E-state index in [1.54, 1.807) is 7.11 Å². The number of aromatic nitrogens is 1. The van der Waals surface area contributed by atoms with E-state index in [1.807, 2.05) is 6.07 Å². The number of methoxy groups -OCH3 is 1. The van der Waals surface area contributed by atoms with Crippen molar-refractivity contribution in [3.8, 4) is 34.0 Å². The summed E-state index contributed by atoms with van der Waals surface area (Å²) in [5, 5.41) is 15.0. The lowest BCUT2D eigenvalue weighted by molar-refractivity contribution is -0.117. The van der Waals surface area contributed by atoms with Gasteiger partial charge >= 0.3 is 0 Å². The van der Waals surface area contributed by atoms with Gasteiger partial charge < -0.3 is 19.9 Å². The monoisotopic (exact) mass is 698 g/mol. The maximum Gasteiger partial charge on any atom is 0.236 e. The van der Waals surface area contributed by atoms with Gasteiger partial charge in [-0.25, -0.2) is 0 Å². The number of carbonyl (C=O) groups is 1.